The van der Waals surface area contributed by atoms with Gasteiger partial charge in [-0.1, -0.05) is 19.1 Å². The lowest BCUT2D eigenvalue weighted by atomic mass is 9.94. The third kappa shape index (κ3) is 7.52. The van der Waals surface area contributed by atoms with Gasteiger partial charge in [-0.15, -0.1) is 0 Å². The molecule has 2 aromatic rings. The zero-order chi connectivity index (χ0) is 27.0. The van der Waals surface area contributed by atoms with E-state index in [0.717, 1.165) is 37.1 Å². The average Bonchev–Trinajstić information content (AvgIpc) is 3.42. The van der Waals surface area contributed by atoms with Gasteiger partial charge in [0.2, 0.25) is 0 Å². The van der Waals surface area contributed by atoms with Crippen molar-refractivity contribution < 1.29 is 37.7 Å². The minimum absolute atomic E-state index is 0.168. The van der Waals surface area contributed by atoms with Gasteiger partial charge in [0.15, 0.2) is 0 Å². The number of benzene rings is 1. The van der Waals surface area contributed by atoms with Crippen LogP contribution in [0.3, 0.4) is 0 Å². The van der Waals surface area contributed by atoms with E-state index in [9.17, 15) is 23.5 Å². The maximum atomic E-state index is 13.5. The molecule has 4 rings (SSSR count). The van der Waals surface area contributed by atoms with E-state index in [1.165, 1.54) is 18.6 Å². The van der Waals surface area contributed by atoms with Crippen molar-refractivity contribution in [3.8, 4) is 0 Å². The van der Waals surface area contributed by atoms with Crippen molar-refractivity contribution in [3.63, 3.8) is 0 Å². The second-order valence-electron chi connectivity index (χ2n) is 9.34. The van der Waals surface area contributed by atoms with Crippen molar-refractivity contribution in [2.75, 3.05) is 37.7 Å². The number of alkyl halides is 2. The second-order valence-corrected chi connectivity index (χ2v) is 9.34. The number of carbonyl (C=O) groups is 2. The van der Waals surface area contributed by atoms with Gasteiger partial charge >= 0.3 is 11.9 Å². The van der Waals surface area contributed by atoms with E-state index in [2.05, 4.69) is 16.2 Å². The Hall–Kier alpha value is -2.98. The van der Waals surface area contributed by atoms with Crippen LogP contribution in [0, 0.1) is 0 Å². The fourth-order valence-corrected chi connectivity index (χ4v) is 4.92. The van der Waals surface area contributed by atoms with Crippen LogP contribution in [0.5, 0.6) is 0 Å². The number of aryl methyl sites for hydroxylation is 1. The highest BCUT2D eigenvalue weighted by Crippen LogP contribution is 2.35. The predicted octanol–water partition coefficient (Wildman–Crippen LogP) is 5.16. The fourth-order valence-electron chi connectivity index (χ4n) is 4.92. The molecule has 2 N–H and O–H groups in total. The van der Waals surface area contributed by atoms with Crippen LogP contribution in [0.25, 0.3) is 0 Å². The zero-order valence-electron chi connectivity index (χ0n) is 21.4. The van der Waals surface area contributed by atoms with Crippen LogP contribution >= 0.6 is 0 Å². The van der Waals surface area contributed by atoms with E-state index in [4.69, 9.17) is 9.84 Å². The molecule has 0 saturated carbocycles. The molecule has 0 radical (unpaired) electrons. The van der Waals surface area contributed by atoms with E-state index < -0.39 is 17.9 Å². The standard InChI is InChI=1S/C22H32F2N2O3.C5H4O3/c1-3-16-5-6-17(15-25-11-9-22(23,24)10-12-25)19(21(27)28)20(16)26(4-2)18-7-13-29-14-8-18;6-5(7)4-1-2-8-3-4/h5-6,18H,3-4,7-15H2,1-2H3,(H,27,28);1-3H,(H,6,7). The molecule has 0 atom stereocenters. The summed E-state index contributed by atoms with van der Waals surface area (Å²) in [6.45, 7) is 7.15. The summed E-state index contributed by atoms with van der Waals surface area (Å²) in [5, 5.41) is 18.3. The van der Waals surface area contributed by atoms with Crippen LogP contribution in [0.2, 0.25) is 0 Å². The first kappa shape index (κ1) is 28.6. The van der Waals surface area contributed by atoms with E-state index in [-0.39, 0.29) is 37.5 Å². The normalized spacial score (nSPS) is 18.1. The molecule has 37 heavy (non-hydrogen) atoms. The topological polar surface area (TPSA) is 103 Å². The molecule has 1 aromatic carbocycles. The number of ether oxygens (including phenoxy) is 1. The van der Waals surface area contributed by atoms with E-state index >= 15 is 0 Å². The van der Waals surface area contributed by atoms with Gasteiger partial charge < -0.3 is 24.3 Å². The smallest absolute Gasteiger partial charge is 0.338 e. The summed E-state index contributed by atoms with van der Waals surface area (Å²) in [6, 6.07) is 5.53. The molecule has 0 unspecified atom stereocenters. The van der Waals surface area contributed by atoms with Crippen molar-refractivity contribution in [1.82, 2.24) is 4.90 Å². The first-order chi connectivity index (χ1) is 17.7. The Morgan fingerprint density at radius 1 is 1.05 bits per heavy atom. The molecule has 3 heterocycles. The highest BCUT2D eigenvalue weighted by atomic mass is 19.3. The van der Waals surface area contributed by atoms with Crippen molar-refractivity contribution in [1.29, 1.82) is 0 Å². The molecule has 0 bridgehead atoms. The van der Waals surface area contributed by atoms with Crippen LogP contribution < -0.4 is 4.90 Å². The number of rotatable bonds is 8. The minimum Gasteiger partial charge on any atom is -0.478 e. The van der Waals surface area contributed by atoms with Gasteiger partial charge in [-0.05, 0) is 43.4 Å². The van der Waals surface area contributed by atoms with Crippen LogP contribution in [-0.4, -0.2) is 71.9 Å². The Morgan fingerprint density at radius 3 is 2.19 bits per heavy atom. The summed E-state index contributed by atoms with van der Waals surface area (Å²) in [7, 11) is 0. The van der Waals surface area contributed by atoms with E-state index in [1.807, 2.05) is 24.0 Å². The molecule has 0 amide bonds. The minimum atomic E-state index is -2.61. The Labute approximate surface area is 215 Å². The van der Waals surface area contributed by atoms with Crippen LogP contribution in [0.15, 0.2) is 35.1 Å². The SMILES string of the molecule is CCc1ccc(CN2CCC(F)(F)CC2)c(C(=O)O)c1N(CC)C1CCOCC1.O=C(O)c1ccoc1. The number of aromatic carboxylic acids is 2. The quantitative estimate of drug-likeness (QED) is 0.490. The Kier molecular flexibility index (Phi) is 10.0. The molecule has 0 spiro atoms. The summed E-state index contributed by atoms with van der Waals surface area (Å²) >= 11 is 0. The third-order valence-corrected chi connectivity index (χ3v) is 6.95. The van der Waals surface area contributed by atoms with E-state index in [0.29, 0.717) is 30.9 Å². The number of piperidine rings is 1. The van der Waals surface area contributed by atoms with Gasteiger partial charge in [-0.3, -0.25) is 4.90 Å². The third-order valence-electron chi connectivity index (χ3n) is 6.95. The zero-order valence-corrected chi connectivity index (χ0v) is 21.4. The second kappa shape index (κ2) is 13.0. The molecular weight excluding hydrogens is 486 g/mol. The average molecular weight is 523 g/mol. The number of carboxylic acids is 2. The van der Waals surface area contributed by atoms with Crippen molar-refractivity contribution in [3.05, 3.63) is 53.0 Å². The Bertz CT molecular complexity index is 1030. The Morgan fingerprint density at radius 2 is 1.70 bits per heavy atom. The molecule has 8 nitrogen and oxygen atoms in total. The van der Waals surface area contributed by atoms with Crippen LogP contribution in [0.1, 0.15) is 71.4 Å². The van der Waals surface area contributed by atoms with Gasteiger partial charge in [0, 0.05) is 58.3 Å². The van der Waals surface area contributed by atoms with Gasteiger partial charge in [-0.2, -0.15) is 0 Å². The summed E-state index contributed by atoms with van der Waals surface area (Å²) in [6.07, 6.45) is 4.66. The summed E-state index contributed by atoms with van der Waals surface area (Å²) in [4.78, 5) is 26.5. The predicted molar refractivity (Wildman–Crippen MR) is 135 cm³/mol. The molecule has 2 fully saturated rings. The maximum absolute atomic E-state index is 13.5. The summed E-state index contributed by atoms with van der Waals surface area (Å²) < 4.78 is 37.0. The van der Waals surface area contributed by atoms with Crippen LogP contribution in [-0.2, 0) is 17.7 Å². The summed E-state index contributed by atoms with van der Waals surface area (Å²) in [5.41, 5.74) is 3.04. The molecule has 1 aromatic heterocycles. The number of carboxylic acid groups (broad SMARTS) is 2. The van der Waals surface area contributed by atoms with Crippen molar-refractivity contribution >= 4 is 17.6 Å². The number of anilines is 1. The molecule has 0 aliphatic carbocycles. The van der Waals surface area contributed by atoms with Crippen LogP contribution in [0.4, 0.5) is 14.5 Å². The number of furan rings is 1. The Balaban J connectivity index is 0.000000405. The first-order valence-electron chi connectivity index (χ1n) is 12.7. The maximum Gasteiger partial charge on any atom is 0.338 e. The lowest BCUT2D eigenvalue weighted by Gasteiger charge is -2.38. The van der Waals surface area contributed by atoms with Gasteiger partial charge in [0.1, 0.15) is 6.26 Å². The van der Waals surface area contributed by atoms with Gasteiger partial charge in [0.25, 0.3) is 5.92 Å². The van der Waals surface area contributed by atoms with E-state index in [1.54, 1.807) is 0 Å². The molecule has 10 heteroatoms. The number of hydrogen-bond acceptors (Lipinski definition) is 6. The molecule has 2 aliphatic rings. The van der Waals surface area contributed by atoms with Gasteiger partial charge in [-0.25, -0.2) is 18.4 Å². The first-order valence-corrected chi connectivity index (χ1v) is 12.7. The lowest BCUT2D eigenvalue weighted by molar-refractivity contribution is -0.0567. The monoisotopic (exact) mass is 522 g/mol. The van der Waals surface area contributed by atoms with Gasteiger partial charge in [0.05, 0.1) is 23.1 Å². The number of halogens is 2. The number of nitrogens with zero attached hydrogens (tertiary/aromatic N) is 2. The van der Waals surface area contributed by atoms with Crippen molar-refractivity contribution in [2.24, 2.45) is 0 Å². The highest BCUT2D eigenvalue weighted by Gasteiger charge is 2.35. The van der Waals surface area contributed by atoms with Crippen molar-refractivity contribution in [2.45, 2.75) is 64.5 Å². The molecular formula is C27H36F2N2O6. The highest BCUT2D eigenvalue weighted by molar-refractivity contribution is 5.97. The molecule has 2 aliphatic heterocycles. The molecule has 204 valence electrons. The number of likely N-dealkylation sites (tertiary alicyclic amines) is 1. The fraction of sp³-hybridized carbons (Fsp3) is 0.556. The summed E-state index contributed by atoms with van der Waals surface area (Å²) in [5.74, 6) is -4.51. The molecule has 2 saturated heterocycles. The lowest BCUT2D eigenvalue weighted by Crippen LogP contribution is -2.41. The number of hydrogen-bond donors (Lipinski definition) is 2. The largest absolute Gasteiger partial charge is 0.478 e.